The second-order valence-electron chi connectivity index (χ2n) is 7.77. The van der Waals surface area contributed by atoms with Crippen LogP contribution >= 0.6 is 0 Å². The van der Waals surface area contributed by atoms with E-state index in [2.05, 4.69) is 4.90 Å². The van der Waals surface area contributed by atoms with E-state index in [1.807, 2.05) is 34.9 Å². The minimum absolute atomic E-state index is 0.0153. The summed E-state index contributed by atoms with van der Waals surface area (Å²) in [5.74, 6) is -0.834. The first-order valence-corrected chi connectivity index (χ1v) is 9.10. The van der Waals surface area contributed by atoms with E-state index in [0.29, 0.717) is 18.7 Å². The number of benzene rings is 1. The Morgan fingerprint density at radius 2 is 2.04 bits per heavy atom. The van der Waals surface area contributed by atoms with Crippen LogP contribution in [-0.4, -0.2) is 28.2 Å². The fourth-order valence-electron chi connectivity index (χ4n) is 5.36. The Morgan fingerprint density at radius 1 is 1.19 bits per heavy atom. The van der Waals surface area contributed by atoms with E-state index < -0.39 is 11.9 Å². The summed E-state index contributed by atoms with van der Waals surface area (Å²) in [6.07, 6.45) is 1.44. The van der Waals surface area contributed by atoms with Crippen LogP contribution in [0.3, 0.4) is 0 Å². The number of nitrogens with zero attached hydrogens (tertiary/aromatic N) is 2. The molecule has 3 aliphatic rings. The number of pyridine rings is 1. The van der Waals surface area contributed by atoms with E-state index >= 15 is 0 Å². The lowest BCUT2D eigenvalue weighted by Gasteiger charge is -2.53. The molecule has 3 aliphatic heterocycles. The van der Waals surface area contributed by atoms with E-state index in [1.165, 1.54) is 0 Å². The minimum Gasteiger partial charge on any atom is -0.481 e. The number of hydrogen-bond donors (Lipinski definition) is 2. The smallest absolute Gasteiger partial charge is 0.308 e. The van der Waals surface area contributed by atoms with Gasteiger partial charge in [0, 0.05) is 48.2 Å². The maximum absolute atomic E-state index is 12.3. The molecule has 134 valence electrons. The van der Waals surface area contributed by atoms with Gasteiger partial charge in [-0.25, -0.2) is 0 Å². The molecule has 4 heterocycles. The van der Waals surface area contributed by atoms with Crippen molar-refractivity contribution in [2.24, 2.45) is 11.8 Å². The Morgan fingerprint density at radius 3 is 2.85 bits per heavy atom. The molecule has 5 rings (SSSR count). The Bertz CT molecular complexity index is 967. The van der Waals surface area contributed by atoms with Gasteiger partial charge in [-0.1, -0.05) is 6.07 Å². The van der Waals surface area contributed by atoms with Crippen LogP contribution in [0.4, 0.5) is 11.4 Å². The number of carboxylic acid groups (broad SMARTS) is 1. The van der Waals surface area contributed by atoms with Crippen LogP contribution in [0.15, 0.2) is 41.2 Å². The molecular weight excluding hydrogens is 330 g/mol. The monoisotopic (exact) mass is 351 g/mol. The summed E-state index contributed by atoms with van der Waals surface area (Å²) >= 11 is 0. The van der Waals surface area contributed by atoms with Crippen molar-refractivity contribution in [3.8, 4) is 0 Å². The van der Waals surface area contributed by atoms with Crippen molar-refractivity contribution in [3.05, 3.63) is 58.0 Å². The SMILES string of the molecule is Nc1ccc2c(c1)CC(C(=O)O)C1C3CC(CN21)c1cccc(=O)n1C3. The van der Waals surface area contributed by atoms with Gasteiger partial charge in [-0.3, -0.25) is 9.59 Å². The van der Waals surface area contributed by atoms with Crippen molar-refractivity contribution in [2.45, 2.75) is 31.3 Å². The molecular formula is C20H21N3O3. The highest BCUT2D eigenvalue weighted by atomic mass is 16.4. The van der Waals surface area contributed by atoms with Gasteiger partial charge in [0.25, 0.3) is 5.56 Å². The van der Waals surface area contributed by atoms with Crippen molar-refractivity contribution in [3.63, 3.8) is 0 Å². The quantitative estimate of drug-likeness (QED) is 0.763. The van der Waals surface area contributed by atoms with Gasteiger partial charge in [0.2, 0.25) is 0 Å². The molecule has 4 unspecified atom stereocenters. The van der Waals surface area contributed by atoms with Crippen molar-refractivity contribution in [2.75, 3.05) is 17.2 Å². The summed E-state index contributed by atoms with van der Waals surface area (Å²) in [5, 5.41) is 9.89. The topological polar surface area (TPSA) is 88.6 Å². The third-order valence-corrected chi connectivity index (χ3v) is 6.35. The highest BCUT2D eigenvalue weighted by molar-refractivity contribution is 5.76. The van der Waals surface area contributed by atoms with E-state index in [0.717, 1.165) is 29.9 Å². The predicted octanol–water partition coefficient (Wildman–Crippen LogP) is 1.68. The van der Waals surface area contributed by atoms with Crippen molar-refractivity contribution < 1.29 is 9.90 Å². The predicted molar refractivity (Wildman–Crippen MR) is 98.4 cm³/mol. The number of nitrogen functional groups attached to an aromatic ring is 1. The number of anilines is 2. The zero-order chi connectivity index (χ0) is 18.0. The molecule has 3 N–H and O–H groups in total. The second kappa shape index (κ2) is 5.37. The first kappa shape index (κ1) is 15.5. The third kappa shape index (κ3) is 2.11. The van der Waals surface area contributed by atoms with Crippen LogP contribution in [-0.2, 0) is 17.8 Å². The van der Waals surface area contributed by atoms with Crippen molar-refractivity contribution in [1.82, 2.24) is 4.57 Å². The van der Waals surface area contributed by atoms with Crippen LogP contribution in [0, 0.1) is 11.8 Å². The molecule has 26 heavy (non-hydrogen) atoms. The average molecular weight is 351 g/mol. The van der Waals surface area contributed by atoms with Crippen LogP contribution < -0.4 is 16.2 Å². The fraction of sp³-hybridized carbons (Fsp3) is 0.400. The van der Waals surface area contributed by atoms with Crippen LogP contribution in [0.1, 0.15) is 23.6 Å². The van der Waals surface area contributed by atoms with E-state index in [9.17, 15) is 14.7 Å². The largest absolute Gasteiger partial charge is 0.481 e. The maximum Gasteiger partial charge on any atom is 0.308 e. The van der Waals surface area contributed by atoms with Gasteiger partial charge >= 0.3 is 5.97 Å². The van der Waals surface area contributed by atoms with Gasteiger partial charge in [-0.05, 0) is 48.6 Å². The first-order valence-electron chi connectivity index (χ1n) is 9.10. The lowest BCUT2D eigenvalue weighted by Crippen LogP contribution is -2.60. The summed E-state index contributed by atoms with van der Waals surface area (Å²) < 4.78 is 1.85. The number of rotatable bonds is 1. The highest BCUT2D eigenvalue weighted by Crippen LogP contribution is 2.47. The van der Waals surface area contributed by atoms with Crippen molar-refractivity contribution >= 4 is 17.3 Å². The van der Waals surface area contributed by atoms with E-state index in [4.69, 9.17) is 5.73 Å². The van der Waals surface area contributed by atoms with Gasteiger partial charge in [-0.2, -0.15) is 0 Å². The number of hydrogen-bond acceptors (Lipinski definition) is 4. The lowest BCUT2D eigenvalue weighted by molar-refractivity contribution is -0.143. The van der Waals surface area contributed by atoms with Crippen LogP contribution in [0.25, 0.3) is 0 Å². The molecule has 0 aliphatic carbocycles. The van der Waals surface area contributed by atoms with Crippen molar-refractivity contribution in [1.29, 1.82) is 0 Å². The number of carboxylic acids is 1. The first-order chi connectivity index (χ1) is 12.5. The molecule has 1 saturated heterocycles. The average Bonchev–Trinajstić information content (AvgIpc) is 2.61. The molecule has 2 bridgehead atoms. The van der Waals surface area contributed by atoms with Crippen LogP contribution in [0.2, 0.25) is 0 Å². The Kier molecular flexibility index (Phi) is 3.20. The summed E-state index contributed by atoms with van der Waals surface area (Å²) in [6.45, 7) is 1.34. The maximum atomic E-state index is 12.3. The zero-order valence-corrected chi connectivity index (χ0v) is 14.3. The van der Waals surface area contributed by atoms with Gasteiger partial charge in [0.1, 0.15) is 0 Å². The Labute approximate surface area is 150 Å². The van der Waals surface area contributed by atoms with Gasteiger partial charge < -0.3 is 20.3 Å². The summed E-state index contributed by atoms with van der Waals surface area (Å²) in [7, 11) is 0. The molecule has 0 amide bonds. The third-order valence-electron chi connectivity index (χ3n) is 6.35. The minimum atomic E-state index is -0.766. The number of aromatic nitrogens is 1. The van der Waals surface area contributed by atoms with E-state index in [-0.39, 0.29) is 23.4 Å². The summed E-state index contributed by atoms with van der Waals surface area (Å²) in [5.41, 5.74) is 9.81. The molecule has 1 fully saturated rings. The fourth-order valence-corrected chi connectivity index (χ4v) is 5.36. The number of nitrogens with two attached hydrogens (primary N) is 1. The molecule has 2 aromatic rings. The molecule has 0 spiro atoms. The molecule has 0 saturated carbocycles. The molecule has 1 aromatic heterocycles. The van der Waals surface area contributed by atoms with Gasteiger partial charge in [0.15, 0.2) is 0 Å². The normalized spacial score (nSPS) is 28.7. The standard InChI is InChI=1S/C20H21N3O3/c21-14-4-5-17-11(7-14)8-15(20(25)26)19-13-6-12(9-23(17)19)16-2-1-3-18(24)22(16)10-13/h1-5,7,12-13,15,19H,6,8-10,21H2,(H,25,26). The second-order valence-corrected chi connectivity index (χ2v) is 7.77. The molecule has 0 radical (unpaired) electrons. The number of fused-ring (bicyclic) bond motifs is 8. The summed E-state index contributed by atoms with van der Waals surface area (Å²) in [6, 6.07) is 11.2. The molecule has 4 atom stereocenters. The molecule has 6 heteroatoms. The molecule has 6 nitrogen and oxygen atoms in total. The number of carbonyl (C=O) groups is 1. The lowest BCUT2D eigenvalue weighted by atomic mass is 9.70. The van der Waals surface area contributed by atoms with Crippen LogP contribution in [0.5, 0.6) is 0 Å². The van der Waals surface area contributed by atoms with E-state index in [1.54, 1.807) is 6.07 Å². The van der Waals surface area contributed by atoms with Gasteiger partial charge in [0.05, 0.1) is 5.92 Å². The Balaban J connectivity index is 1.65. The number of piperidine rings is 1. The molecule has 1 aromatic carbocycles. The highest BCUT2D eigenvalue weighted by Gasteiger charge is 2.49. The number of aliphatic carboxylic acids is 1. The van der Waals surface area contributed by atoms with Gasteiger partial charge in [-0.15, -0.1) is 0 Å². The zero-order valence-electron chi connectivity index (χ0n) is 14.3. The summed E-state index contributed by atoms with van der Waals surface area (Å²) in [4.78, 5) is 26.7. The Hall–Kier alpha value is -2.76.